The van der Waals surface area contributed by atoms with E-state index in [-0.39, 0.29) is 25.8 Å². The highest BCUT2D eigenvalue weighted by molar-refractivity contribution is 8.10. The molecule has 0 spiro atoms. The van der Waals surface area contributed by atoms with Crippen molar-refractivity contribution in [2.45, 2.75) is 35.5 Å². The van der Waals surface area contributed by atoms with Crippen LogP contribution in [-0.2, 0) is 32.9 Å². The van der Waals surface area contributed by atoms with Crippen molar-refractivity contribution in [3.05, 3.63) is 85.8 Å². The molecule has 3 aromatic carbocycles. The second kappa shape index (κ2) is 9.29. The van der Waals surface area contributed by atoms with Gasteiger partial charge in [0.05, 0.1) is 15.7 Å². The number of hydrogen-bond acceptors (Lipinski definition) is 4. The quantitative estimate of drug-likeness (QED) is 0.343. The summed E-state index contributed by atoms with van der Waals surface area (Å²) in [7, 11) is -9.50. The van der Waals surface area contributed by atoms with Gasteiger partial charge in [0.2, 0.25) is 0 Å². The molecule has 1 aliphatic carbocycles. The van der Waals surface area contributed by atoms with Crippen LogP contribution < -0.4 is 3.71 Å². The molecule has 0 saturated carbocycles. The number of halogens is 4. The lowest BCUT2D eigenvalue weighted by atomic mass is 9.91. The molecule has 0 heterocycles. The van der Waals surface area contributed by atoms with Crippen LogP contribution in [0.5, 0.6) is 0 Å². The van der Waals surface area contributed by atoms with E-state index in [1.165, 1.54) is 30.3 Å². The van der Waals surface area contributed by atoms with Gasteiger partial charge < -0.3 is 0 Å². The highest BCUT2D eigenvalue weighted by atomic mass is 35.5. The summed E-state index contributed by atoms with van der Waals surface area (Å²) in [6.45, 7) is 0. The molecule has 11 heteroatoms. The first-order valence-electron chi connectivity index (χ1n) is 9.85. The Hall–Kier alpha value is -1.48. The number of rotatable bonds is 5. The molecular weight excluding hydrogens is 548 g/mol. The van der Waals surface area contributed by atoms with Gasteiger partial charge in [-0.25, -0.2) is 0 Å². The average Bonchev–Trinajstić information content (AvgIpc) is 2.77. The summed E-state index contributed by atoms with van der Waals surface area (Å²) in [5.41, 5.74) is 1.56. The van der Waals surface area contributed by atoms with Crippen LogP contribution in [-0.4, -0.2) is 16.8 Å². The van der Waals surface area contributed by atoms with Gasteiger partial charge >= 0.3 is 0 Å². The van der Waals surface area contributed by atoms with Crippen molar-refractivity contribution in [2.24, 2.45) is 0 Å². The standard InChI is InChI=1S/C22H17Cl4NO4S2/c23-15-8-10-18(25)21(12-15)32(28,29)27(20-7-3-5-14-4-1-2-6-17(14)20)33(30,31)22-13-16(24)9-11-19(22)26/h3,5,7-13H,1-2,4,6H2. The molecule has 0 radical (unpaired) electrons. The van der Waals surface area contributed by atoms with E-state index in [0.29, 0.717) is 22.1 Å². The van der Waals surface area contributed by atoms with E-state index < -0.39 is 29.8 Å². The topological polar surface area (TPSA) is 71.5 Å². The third-order valence-electron chi connectivity index (χ3n) is 5.35. The molecule has 0 aliphatic heterocycles. The molecule has 5 nitrogen and oxygen atoms in total. The molecule has 33 heavy (non-hydrogen) atoms. The van der Waals surface area contributed by atoms with E-state index in [4.69, 9.17) is 46.4 Å². The van der Waals surface area contributed by atoms with Gasteiger partial charge in [-0.1, -0.05) is 58.5 Å². The molecule has 4 rings (SSSR count). The molecule has 0 amide bonds. The van der Waals surface area contributed by atoms with Crippen molar-refractivity contribution in [1.82, 2.24) is 0 Å². The summed E-state index contributed by atoms with van der Waals surface area (Å²) >= 11 is 24.5. The fourth-order valence-electron chi connectivity index (χ4n) is 3.85. The van der Waals surface area contributed by atoms with Gasteiger partial charge in [0.15, 0.2) is 0 Å². The SMILES string of the molecule is O=S(=O)(c1cc(Cl)ccc1Cl)N(c1cccc2c1CCCC2)S(=O)(=O)c1cc(Cl)ccc1Cl. The molecule has 1 aliphatic rings. The van der Waals surface area contributed by atoms with E-state index in [1.807, 2.05) is 6.07 Å². The number of benzene rings is 3. The van der Waals surface area contributed by atoms with Crippen molar-refractivity contribution in [1.29, 1.82) is 0 Å². The largest absolute Gasteiger partial charge is 0.279 e. The minimum Gasteiger partial charge on any atom is -0.200 e. The predicted molar refractivity (Wildman–Crippen MR) is 133 cm³/mol. The Kier molecular flexibility index (Phi) is 6.93. The van der Waals surface area contributed by atoms with E-state index in [9.17, 15) is 16.8 Å². The van der Waals surface area contributed by atoms with Crippen LogP contribution in [0.2, 0.25) is 20.1 Å². The van der Waals surface area contributed by atoms with Gasteiger partial charge in [-0.2, -0.15) is 20.5 Å². The number of anilines is 1. The van der Waals surface area contributed by atoms with Crippen LogP contribution in [0.3, 0.4) is 0 Å². The van der Waals surface area contributed by atoms with E-state index in [1.54, 1.807) is 6.07 Å². The Morgan fingerprint density at radius 3 is 1.73 bits per heavy atom. The zero-order chi connectivity index (χ0) is 24.0. The van der Waals surface area contributed by atoms with E-state index in [0.717, 1.165) is 30.5 Å². The third kappa shape index (κ3) is 4.59. The molecule has 174 valence electrons. The maximum absolute atomic E-state index is 13.9. The first-order valence-corrected chi connectivity index (χ1v) is 14.2. The molecule has 3 aromatic rings. The lowest BCUT2D eigenvalue weighted by molar-refractivity contribution is 0.583. The summed E-state index contributed by atoms with van der Waals surface area (Å²) in [5, 5.41) is -0.152. The summed E-state index contributed by atoms with van der Waals surface area (Å²) < 4.78 is 56.1. The molecule has 0 atom stereocenters. The maximum atomic E-state index is 13.9. The van der Waals surface area contributed by atoms with Crippen LogP contribution in [0.15, 0.2) is 64.4 Å². The maximum Gasteiger partial charge on any atom is 0.279 e. The van der Waals surface area contributed by atoms with Gasteiger partial charge in [-0.3, -0.25) is 0 Å². The van der Waals surface area contributed by atoms with Crippen LogP contribution in [0.1, 0.15) is 24.0 Å². The van der Waals surface area contributed by atoms with Crippen LogP contribution in [0.25, 0.3) is 0 Å². The minimum atomic E-state index is -4.75. The van der Waals surface area contributed by atoms with Crippen LogP contribution in [0.4, 0.5) is 5.69 Å². The Bertz CT molecular complexity index is 1380. The number of sulfonamides is 2. The fraction of sp³-hybridized carbons (Fsp3) is 0.182. The van der Waals surface area contributed by atoms with E-state index in [2.05, 4.69) is 0 Å². The lowest BCUT2D eigenvalue weighted by Gasteiger charge is -2.29. The van der Waals surface area contributed by atoms with Crippen LogP contribution >= 0.6 is 46.4 Å². The Labute approximate surface area is 212 Å². The number of nitrogens with zero attached hydrogens (tertiary/aromatic N) is 1. The average molecular weight is 565 g/mol. The first kappa shape index (κ1) is 24.6. The van der Waals surface area contributed by atoms with Crippen molar-refractivity contribution >= 4 is 72.1 Å². The van der Waals surface area contributed by atoms with Gasteiger partial charge in [0, 0.05) is 10.0 Å². The van der Waals surface area contributed by atoms with Gasteiger partial charge in [0.1, 0.15) is 9.79 Å². The number of hydrogen-bond donors (Lipinski definition) is 0. The zero-order valence-electron chi connectivity index (χ0n) is 16.9. The third-order valence-corrected chi connectivity index (χ3v) is 10.9. The van der Waals surface area contributed by atoms with Gasteiger partial charge in [-0.05, 0) is 79.3 Å². The summed E-state index contributed by atoms with van der Waals surface area (Å²) in [6, 6.07) is 12.6. The molecule has 0 saturated heterocycles. The minimum absolute atomic E-state index is 0.0271. The molecular formula is C22H17Cl4NO4S2. The van der Waals surface area contributed by atoms with Crippen molar-refractivity contribution in [3.8, 4) is 0 Å². The second-order valence-electron chi connectivity index (χ2n) is 7.48. The summed E-state index contributed by atoms with van der Waals surface area (Å²) in [4.78, 5) is -0.876. The normalized spacial score (nSPS) is 14.1. The molecule has 0 aromatic heterocycles. The second-order valence-corrected chi connectivity index (χ2v) is 12.9. The van der Waals surface area contributed by atoms with Gasteiger partial charge in [-0.15, -0.1) is 0 Å². The zero-order valence-corrected chi connectivity index (χ0v) is 21.6. The highest BCUT2D eigenvalue weighted by Crippen LogP contribution is 2.40. The molecule has 0 fully saturated rings. The summed E-state index contributed by atoms with van der Waals surface area (Å²) in [6.07, 6.45) is 2.97. The van der Waals surface area contributed by atoms with Crippen molar-refractivity contribution in [2.75, 3.05) is 3.71 Å². The summed E-state index contributed by atoms with van der Waals surface area (Å²) in [5.74, 6) is 0. The van der Waals surface area contributed by atoms with Gasteiger partial charge in [0.25, 0.3) is 20.0 Å². The number of aryl methyl sites for hydroxylation is 1. The fourth-order valence-corrected chi connectivity index (χ4v) is 9.06. The Morgan fingerprint density at radius 1 is 0.667 bits per heavy atom. The lowest BCUT2D eigenvalue weighted by Crippen LogP contribution is -2.38. The monoisotopic (exact) mass is 563 g/mol. The van der Waals surface area contributed by atoms with Crippen molar-refractivity contribution in [3.63, 3.8) is 0 Å². The Balaban J connectivity index is 2.06. The van der Waals surface area contributed by atoms with Crippen LogP contribution in [0, 0.1) is 0 Å². The number of fused-ring (bicyclic) bond motifs is 1. The van der Waals surface area contributed by atoms with Crippen molar-refractivity contribution < 1.29 is 16.8 Å². The smallest absolute Gasteiger partial charge is 0.200 e. The Morgan fingerprint density at radius 2 is 1.18 bits per heavy atom. The highest BCUT2D eigenvalue weighted by Gasteiger charge is 2.41. The first-order chi connectivity index (χ1) is 15.5. The van der Waals surface area contributed by atoms with E-state index >= 15 is 0 Å². The molecule has 0 N–H and O–H groups in total. The molecule has 0 bridgehead atoms. The molecule has 0 unspecified atom stereocenters. The predicted octanol–water partition coefficient (Wildman–Crippen LogP) is 6.76.